The molecule has 3 heterocycles. The van der Waals surface area contributed by atoms with E-state index in [0.717, 1.165) is 16.9 Å². The summed E-state index contributed by atoms with van der Waals surface area (Å²) in [6.45, 7) is 5.21. The van der Waals surface area contributed by atoms with Crippen molar-refractivity contribution >= 4 is 23.1 Å². The van der Waals surface area contributed by atoms with Crippen molar-refractivity contribution in [3.05, 3.63) is 66.5 Å². The first-order valence-electron chi connectivity index (χ1n) is 11.7. The quantitative estimate of drug-likeness (QED) is 0.359. The van der Waals surface area contributed by atoms with Gasteiger partial charge in [-0.1, -0.05) is 42.5 Å². The number of imidazole rings is 1. The van der Waals surface area contributed by atoms with Crippen molar-refractivity contribution in [1.29, 1.82) is 0 Å². The van der Waals surface area contributed by atoms with Gasteiger partial charge in [-0.2, -0.15) is 4.98 Å². The molecule has 35 heavy (non-hydrogen) atoms. The second-order valence-corrected chi connectivity index (χ2v) is 8.12. The summed E-state index contributed by atoms with van der Waals surface area (Å²) in [5, 5.41) is 0. The van der Waals surface area contributed by atoms with Crippen LogP contribution in [0.5, 0.6) is 5.75 Å². The Bertz CT molecular complexity index is 1300. The smallest absolute Gasteiger partial charge is 0.326 e. The number of fused-ring (bicyclic) bond motifs is 1. The van der Waals surface area contributed by atoms with Crippen LogP contribution in [-0.4, -0.2) is 58.4 Å². The average molecular weight is 474 g/mol. The highest BCUT2D eigenvalue weighted by Gasteiger charge is 2.21. The molecule has 0 amide bonds. The van der Waals surface area contributed by atoms with Gasteiger partial charge >= 0.3 is 5.97 Å². The van der Waals surface area contributed by atoms with Crippen LogP contribution in [-0.2, 0) is 27.4 Å². The standard InChI is InChI=1S/C26H27N5O4/c1-2-34-22(32)16-31-18-27-24-23(28-26(29-25(24)31)30-11-13-33-14-12-30)20-9-6-10-21(15-20)35-17-19-7-4-3-5-8-19/h3-10,15,18H,2,11-14,16-17H2,1H3. The summed E-state index contributed by atoms with van der Waals surface area (Å²) in [4.78, 5) is 28.5. The Balaban J connectivity index is 1.51. The van der Waals surface area contributed by atoms with Crippen molar-refractivity contribution in [3.63, 3.8) is 0 Å². The van der Waals surface area contributed by atoms with Crippen LogP contribution in [0.2, 0.25) is 0 Å². The molecule has 9 nitrogen and oxygen atoms in total. The zero-order chi connectivity index (χ0) is 24.0. The molecule has 1 aliphatic heterocycles. The monoisotopic (exact) mass is 473 g/mol. The van der Waals surface area contributed by atoms with E-state index in [2.05, 4.69) is 9.88 Å². The van der Waals surface area contributed by atoms with Gasteiger partial charge < -0.3 is 23.7 Å². The van der Waals surface area contributed by atoms with Gasteiger partial charge in [-0.25, -0.2) is 9.97 Å². The van der Waals surface area contributed by atoms with E-state index in [1.54, 1.807) is 17.8 Å². The maximum atomic E-state index is 12.2. The second kappa shape index (κ2) is 10.5. The summed E-state index contributed by atoms with van der Waals surface area (Å²) in [5.41, 5.74) is 3.84. The molecule has 2 aromatic carbocycles. The topological polar surface area (TPSA) is 91.6 Å². The fraction of sp³-hybridized carbons (Fsp3) is 0.308. The highest BCUT2D eigenvalue weighted by atomic mass is 16.5. The van der Waals surface area contributed by atoms with Crippen LogP contribution in [0.3, 0.4) is 0 Å². The summed E-state index contributed by atoms with van der Waals surface area (Å²) in [7, 11) is 0. The molecule has 4 aromatic rings. The molecule has 1 saturated heterocycles. The number of esters is 1. The van der Waals surface area contributed by atoms with Crippen molar-refractivity contribution in [2.24, 2.45) is 0 Å². The van der Waals surface area contributed by atoms with Crippen LogP contribution in [0.1, 0.15) is 12.5 Å². The predicted molar refractivity (Wildman–Crippen MR) is 131 cm³/mol. The minimum atomic E-state index is -0.337. The number of hydrogen-bond donors (Lipinski definition) is 0. The molecule has 1 aliphatic rings. The van der Waals surface area contributed by atoms with Crippen molar-refractivity contribution in [3.8, 4) is 17.0 Å². The molecule has 5 rings (SSSR count). The van der Waals surface area contributed by atoms with Gasteiger partial charge in [-0.15, -0.1) is 0 Å². The molecule has 0 aliphatic carbocycles. The third-order valence-electron chi connectivity index (χ3n) is 5.71. The molecule has 9 heteroatoms. The molecule has 2 aromatic heterocycles. The maximum absolute atomic E-state index is 12.2. The van der Waals surface area contributed by atoms with Crippen LogP contribution < -0.4 is 9.64 Å². The minimum Gasteiger partial charge on any atom is -0.489 e. The van der Waals surface area contributed by atoms with Gasteiger partial charge in [0, 0.05) is 18.7 Å². The highest BCUT2D eigenvalue weighted by molar-refractivity contribution is 5.89. The van der Waals surface area contributed by atoms with Crippen LogP contribution in [0.4, 0.5) is 5.95 Å². The van der Waals surface area contributed by atoms with Gasteiger partial charge in [0.2, 0.25) is 5.95 Å². The number of carbonyl (C=O) groups excluding carboxylic acids is 1. The number of morpholine rings is 1. The SMILES string of the molecule is CCOC(=O)Cn1cnc2c(-c3cccc(OCc4ccccc4)c3)nc(N3CCOCC3)nc21. The van der Waals surface area contributed by atoms with Gasteiger partial charge in [0.1, 0.15) is 30.1 Å². The number of ether oxygens (including phenoxy) is 3. The zero-order valence-electron chi connectivity index (χ0n) is 19.6. The fourth-order valence-corrected chi connectivity index (χ4v) is 3.97. The molecule has 0 atom stereocenters. The largest absolute Gasteiger partial charge is 0.489 e. The molecule has 0 unspecified atom stereocenters. The number of nitrogens with zero attached hydrogens (tertiary/aromatic N) is 5. The Labute approximate surface area is 203 Å². The van der Waals surface area contributed by atoms with Crippen molar-refractivity contribution < 1.29 is 19.0 Å². The van der Waals surface area contributed by atoms with Gasteiger partial charge in [0.05, 0.1) is 26.1 Å². The number of carbonyl (C=O) groups is 1. The van der Waals surface area contributed by atoms with Crippen molar-refractivity contribution in [1.82, 2.24) is 19.5 Å². The van der Waals surface area contributed by atoms with E-state index in [-0.39, 0.29) is 12.5 Å². The average Bonchev–Trinajstić information content (AvgIpc) is 3.31. The lowest BCUT2D eigenvalue weighted by molar-refractivity contribution is -0.143. The Hall–Kier alpha value is -3.98. The third-order valence-corrected chi connectivity index (χ3v) is 5.71. The molecule has 180 valence electrons. The first-order chi connectivity index (χ1) is 17.2. The summed E-state index contributed by atoms with van der Waals surface area (Å²) < 4.78 is 18.4. The van der Waals surface area contributed by atoms with E-state index in [9.17, 15) is 4.79 Å². The van der Waals surface area contributed by atoms with Gasteiger partial charge in [0.25, 0.3) is 0 Å². The van der Waals surface area contributed by atoms with E-state index < -0.39 is 0 Å². The third kappa shape index (κ3) is 5.25. The van der Waals surface area contributed by atoms with Crippen LogP contribution >= 0.6 is 0 Å². The van der Waals surface area contributed by atoms with Gasteiger partial charge in [-0.05, 0) is 24.6 Å². The zero-order valence-corrected chi connectivity index (χ0v) is 19.6. The molecule has 0 bridgehead atoms. The van der Waals surface area contributed by atoms with Crippen LogP contribution in [0.25, 0.3) is 22.4 Å². The molecule has 0 spiro atoms. The Morgan fingerprint density at radius 3 is 2.69 bits per heavy atom. The molecule has 0 saturated carbocycles. The van der Waals surface area contributed by atoms with E-state index in [4.69, 9.17) is 24.2 Å². The van der Waals surface area contributed by atoms with Crippen LogP contribution in [0, 0.1) is 0 Å². The molecule has 1 fully saturated rings. The lowest BCUT2D eigenvalue weighted by atomic mass is 10.1. The van der Waals surface area contributed by atoms with Gasteiger partial charge in [-0.3, -0.25) is 4.79 Å². The number of aromatic nitrogens is 4. The van der Waals surface area contributed by atoms with E-state index >= 15 is 0 Å². The summed E-state index contributed by atoms with van der Waals surface area (Å²) in [5.74, 6) is 0.977. The Kier molecular flexibility index (Phi) is 6.85. The van der Waals surface area contributed by atoms with E-state index in [0.29, 0.717) is 62.3 Å². The first kappa shape index (κ1) is 22.8. The first-order valence-corrected chi connectivity index (χ1v) is 11.7. The Morgan fingerprint density at radius 2 is 1.89 bits per heavy atom. The normalized spacial score (nSPS) is 13.7. The van der Waals surface area contributed by atoms with Gasteiger partial charge in [0.15, 0.2) is 5.65 Å². The number of benzene rings is 2. The van der Waals surface area contributed by atoms with E-state index in [1.807, 2.05) is 54.6 Å². The summed E-state index contributed by atoms with van der Waals surface area (Å²) >= 11 is 0. The van der Waals surface area contributed by atoms with Crippen molar-refractivity contribution in [2.45, 2.75) is 20.1 Å². The number of rotatable bonds is 8. The Morgan fingerprint density at radius 1 is 1.06 bits per heavy atom. The van der Waals surface area contributed by atoms with E-state index in [1.165, 1.54) is 0 Å². The number of anilines is 1. The number of hydrogen-bond acceptors (Lipinski definition) is 8. The second-order valence-electron chi connectivity index (χ2n) is 8.12. The highest BCUT2D eigenvalue weighted by Crippen LogP contribution is 2.30. The molecule has 0 radical (unpaired) electrons. The summed E-state index contributed by atoms with van der Waals surface area (Å²) in [6.07, 6.45) is 1.61. The lowest BCUT2D eigenvalue weighted by Crippen LogP contribution is -2.37. The summed E-state index contributed by atoms with van der Waals surface area (Å²) in [6, 6.07) is 17.8. The maximum Gasteiger partial charge on any atom is 0.326 e. The van der Waals surface area contributed by atoms with Crippen LogP contribution in [0.15, 0.2) is 60.9 Å². The fourth-order valence-electron chi connectivity index (χ4n) is 3.97. The molecule has 0 N–H and O–H groups in total. The lowest BCUT2D eigenvalue weighted by Gasteiger charge is -2.27. The molecular weight excluding hydrogens is 446 g/mol. The predicted octanol–water partition coefficient (Wildman–Crippen LogP) is 3.47. The van der Waals surface area contributed by atoms with Crippen molar-refractivity contribution in [2.75, 3.05) is 37.8 Å². The molecular formula is C26H27N5O4. The minimum absolute atomic E-state index is 0.0313.